The van der Waals surface area contributed by atoms with Crippen LogP contribution in [0.15, 0.2) is 29.4 Å². The normalized spacial score (nSPS) is 11.2. The maximum absolute atomic E-state index is 12.0. The fourth-order valence-electron chi connectivity index (χ4n) is 2.03. The SMILES string of the molecule is CCCCCC/C(C)=N/NC(=O)c1ccc(NC(=O)CC)cc1. The third-order valence-corrected chi connectivity index (χ3v) is 3.49. The van der Waals surface area contributed by atoms with E-state index >= 15 is 0 Å². The molecule has 2 N–H and O–H groups in total. The number of benzene rings is 1. The molecule has 0 aliphatic heterocycles. The molecule has 0 aliphatic carbocycles. The van der Waals surface area contributed by atoms with Crippen LogP contribution < -0.4 is 10.7 Å². The molecule has 0 saturated heterocycles. The van der Waals surface area contributed by atoms with Gasteiger partial charge in [0.2, 0.25) is 5.91 Å². The molecule has 0 bridgehead atoms. The van der Waals surface area contributed by atoms with Crippen LogP contribution in [0.25, 0.3) is 0 Å². The van der Waals surface area contributed by atoms with E-state index in [1.165, 1.54) is 19.3 Å². The Bertz CT molecular complexity index is 536. The zero-order valence-electron chi connectivity index (χ0n) is 14.3. The second-order valence-electron chi connectivity index (χ2n) is 5.58. The number of hydrogen-bond acceptors (Lipinski definition) is 3. The van der Waals surface area contributed by atoms with E-state index in [0.29, 0.717) is 17.7 Å². The first-order chi connectivity index (χ1) is 11.1. The molecule has 0 unspecified atom stereocenters. The highest BCUT2D eigenvalue weighted by molar-refractivity contribution is 5.96. The van der Waals surface area contributed by atoms with Gasteiger partial charge in [0.1, 0.15) is 0 Å². The molecule has 0 aliphatic rings. The molecule has 0 radical (unpaired) electrons. The van der Waals surface area contributed by atoms with Gasteiger partial charge in [0, 0.05) is 23.4 Å². The quantitative estimate of drug-likeness (QED) is 0.409. The first kappa shape index (κ1) is 18.9. The summed E-state index contributed by atoms with van der Waals surface area (Å²) in [4.78, 5) is 23.3. The van der Waals surface area contributed by atoms with Crippen molar-refractivity contribution in [2.75, 3.05) is 5.32 Å². The minimum atomic E-state index is -0.244. The molecular weight excluding hydrogens is 290 g/mol. The van der Waals surface area contributed by atoms with Gasteiger partial charge in [-0.25, -0.2) is 5.43 Å². The zero-order chi connectivity index (χ0) is 17.1. The number of carbonyl (C=O) groups excluding carboxylic acids is 2. The number of hydrogen-bond donors (Lipinski definition) is 2. The number of rotatable bonds is 9. The first-order valence-corrected chi connectivity index (χ1v) is 8.30. The van der Waals surface area contributed by atoms with Crippen molar-refractivity contribution in [2.24, 2.45) is 5.10 Å². The Kier molecular flexibility index (Phi) is 8.65. The lowest BCUT2D eigenvalue weighted by atomic mass is 10.1. The van der Waals surface area contributed by atoms with Gasteiger partial charge in [0.25, 0.3) is 5.91 Å². The highest BCUT2D eigenvalue weighted by Gasteiger charge is 2.05. The van der Waals surface area contributed by atoms with Crippen LogP contribution >= 0.6 is 0 Å². The second-order valence-corrected chi connectivity index (χ2v) is 5.58. The molecule has 0 fully saturated rings. The van der Waals surface area contributed by atoms with Gasteiger partial charge in [0.05, 0.1) is 0 Å². The molecule has 1 aromatic carbocycles. The summed E-state index contributed by atoms with van der Waals surface area (Å²) in [5, 5.41) is 6.87. The monoisotopic (exact) mass is 317 g/mol. The van der Waals surface area contributed by atoms with E-state index in [-0.39, 0.29) is 11.8 Å². The number of amides is 2. The lowest BCUT2D eigenvalue weighted by Crippen LogP contribution is -2.19. The van der Waals surface area contributed by atoms with Crippen molar-refractivity contribution in [2.45, 2.75) is 59.3 Å². The van der Waals surface area contributed by atoms with Crippen molar-refractivity contribution in [3.05, 3.63) is 29.8 Å². The zero-order valence-corrected chi connectivity index (χ0v) is 14.3. The van der Waals surface area contributed by atoms with Gasteiger partial charge in [-0.15, -0.1) is 0 Å². The Hall–Kier alpha value is -2.17. The van der Waals surface area contributed by atoms with E-state index in [1.54, 1.807) is 31.2 Å². The Morgan fingerprint density at radius 3 is 2.35 bits per heavy atom. The summed E-state index contributed by atoms with van der Waals surface area (Å²) in [6.07, 6.45) is 6.08. The van der Waals surface area contributed by atoms with E-state index in [0.717, 1.165) is 18.6 Å². The molecule has 2 amide bonds. The van der Waals surface area contributed by atoms with Gasteiger partial charge >= 0.3 is 0 Å². The molecule has 0 saturated carbocycles. The van der Waals surface area contributed by atoms with E-state index in [9.17, 15) is 9.59 Å². The van der Waals surface area contributed by atoms with Crippen molar-refractivity contribution in [1.82, 2.24) is 5.43 Å². The first-order valence-electron chi connectivity index (χ1n) is 8.30. The molecule has 1 aromatic rings. The number of anilines is 1. The maximum atomic E-state index is 12.0. The van der Waals surface area contributed by atoms with E-state index in [1.807, 2.05) is 6.92 Å². The molecule has 23 heavy (non-hydrogen) atoms. The standard InChI is InChI=1S/C18H27N3O2/c1-4-6-7-8-9-14(3)20-21-18(23)15-10-12-16(13-11-15)19-17(22)5-2/h10-13H,4-9H2,1-3H3,(H,19,22)(H,21,23)/b20-14+. The van der Waals surface area contributed by atoms with Crippen LogP contribution in [0, 0.1) is 0 Å². The Labute approximate surface area is 138 Å². The molecule has 126 valence electrons. The molecule has 0 spiro atoms. The van der Waals surface area contributed by atoms with Gasteiger partial charge in [0.15, 0.2) is 0 Å². The lowest BCUT2D eigenvalue weighted by Gasteiger charge is -2.05. The summed E-state index contributed by atoms with van der Waals surface area (Å²) in [5.41, 5.74) is 4.70. The van der Waals surface area contributed by atoms with E-state index in [4.69, 9.17) is 0 Å². The third-order valence-electron chi connectivity index (χ3n) is 3.49. The van der Waals surface area contributed by atoms with Crippen LogP contribution in [0.3, 0.4) is 0 Å². The molecule has 0 heterocycles. The Balaban J connectivity index is 2.46. The second kappa shape index (κ2) is 10.5. The number of hydrazone groups is 1. The highest BCUT2D eigenvalue weighted by Crippen LogP contribution is 2.10. The van der Waals surface area contributed by atoms with E-state index in [2.05, 4.69) is 22.8 Å². The van der Waals surface area contributed by atoms with Crippen LogP contribution in [0.5, 0.6) is 0 Å². The van der Waals surface area contributed by atoms with Crippen LogP contribution in [-0.4, -0.2) is 17.5 Å². The summed E-state index contributed by atoms with van der Waals surface area (Å²) < 4.78 is 0. The van der Waals surface area contributed by atoms with E-state index < -0.39 is 0 Å². The number of carbonyl (C=O) groups is 2. The predicted octanol–water partition coefficient (Wildman–Crippen LogP) is 4.11. The van der Waals surface area contributed by atoms with Gasteiger partial charge in [-0.3, -0.25) is 9.59 Å². The van der Waals surface area contributed by atoms with Crippen molar-refractivity contribution >= 4 is 23.2 Å². The average Bonchev–Trinajstić information content (AvgIpc) is 2.57. The fourth-order valence-corrected chi connectivity index (χ4v) is 2.03. The largest absolute Gasteiger partial charge is 0.326 e. The molecule has 1 rings (SSSR count). The molecule has 5 heteroatoms. The average molecular weight is 317 g/mol. The van der Waals surface area contributed by atoms with Crippen molar-refractivity contribution in [3.63, 3.8) is 0 Å². The summed E-state index contributed by atoms with van der Waals surface area (Å²) in [6.45, 7) is 5.90. The maximum Gasteiger partial charge on any atom is 0.271 e. The number of unbranched alkanes of at least 4 members (excludes halogenated alkanes) is 3. The summed E-state index contributed by atoms with van der Waals surface area (Å²) >= 11 is 0. The minimum Gasteiger partial charge on any atom is -0.326 e. The highest BCUT2D eigenvalue weighted by atomic mass is 16.2. The van der Waals surface area contributed by atoms with Crippen molar-refractivity contribution < 1.29 is 9.59 Å². The smallest absolute Gasteiger partial charge is 0.271 e. The molecule has 5 nitrogen and oxygen atoms in total. The lowest BCUT2D eigenvalue weighted by molar-refractivity contribution is -0.115. The fraction of sp³-hybridized carbons (Fsp3) is 0.500. The molecular formula is C18H27N3O2. The van der Waals surface area contributed by atoms with Gasteiger partial charge in [-0.2, -0.15) is 5.10 Å². The topological polar surface area (TPSA) is 70.6 Å². The van der Waals surface area contributed by atoms with Gasteiger partial charge in [-0.05, 0) is 44.0 Å². The van der Waals surface area contributed by atoms with Crippen LogP contribution in [0.2, 0.25) is 0 Å². The third kappa shape index (κ3) is 7.58. The number of nitrogens with one attached hydrogen (secondary N) is 2. The van der Waals surface area contributed by atoms with Crippen LogP contribution in [-0.2, 0) is 4.79 Å². The summed E-state index contributed by atoms with van der Waals surface area (Å²) in [7, 11) is 0. The molecule has 0 atom stereocenters. The number of nitrogens with zero attached hydrogens (tertiary/aromatic N) is 1. The van der Waals surface area contributed by atoms with Crippen LogP contribution in [0.4, 0.5) is 5.69 Å². The van der Waals surface area contributed by atoms with Crippen LogP contribution in [0.1, 0.15) is 69.7 Å². The molecule has 0 aromatic heterocycles. The summed E-state index contributed by atoms with van der Waals surface area (Å²) in [6, 6.07) is 6.77. The van der Waals surface area contributed by atoms with Gasteiger partial charge < -0.3 is 5.32 Å². The minimum absolute atomic E-state index is 0.0505. The summed E-state index contributed by atoms with van der Waals surface area (Å²) in [5.74, 6) is -0.295. The predicted molar refractivity (Wildman–Crippen MR) is 94.7 cm³/mol. The van der Waals surface area contributed by atoms with Crippen molar-refractivity contribution in [3.8, 4) is 0 Å². The van der Waals surface area contributed by atoms with Gasteiger partial charge in [-0.1, -0.05) is 33.1 Å². The Morgan fingerprint density at radius 1 is 1.04 bits per heavy atom. The Morgan fingerprint density at radius 2 is 1.74 bits per heavy atom. The van der Waals surface area contributed by atoms with Crippen molar-refractivity contribution in [1.29, 1.82) is 0 Å².